The number of halogens is 1. The van der Waals surface area contributed by atoms with Gasteiger partial charge in [-0.15, -0.1) is 0 Å². The molecule has 0 aromatic carbocycles. The fraction of sp³-hybridized carbons (Fsp3) is 0.600. The molecule has 1 aliphatic heterocycles. The van der Waals surface area contributed by atoms with Crippen molar-refractivity contribution in [3.63, 3.8) is 0 Å². The molecule has 2 unspecified atom stereocenters. The van der Waals surface area contributed by atoms with Crippen LogP contribution in [0.15, 0.2) is 18.3 Å². The van der Waals surface area contributed by atoms with Gasteiger partial charge in [-0.25, -0.2) is 4.98 Å². The van der Waals surface area contributed by atoms with Crippen molar-refractivity contribution in [1.82, 2.24) is 15.2 Å². The first kappa shape index (κ1) is 16.5. The highest BCUT2D eigenvalue weighted by atomic mass is 35.5. The third kappa shape index (κ3) is 4.80. The maximum atomic E-state index is 5.83. The highest BCUT2D eigenvalue weighted by molar-refractivity contribution is 7.80. The Morgan fingerprint density at radius 1 is 1.52 bits per heavy atom. The molecule has 1 aliphatic rings. The summed E-state index contributed by atoms with van der Waals surface area (Å²) in [4.78, 5) is 6.70. The Morgan fingerprint density at radius 3 is 2.95 bits per heavy atom. The van der Waals surface area contributed by atoms with Crippen LogP contribution in [0.4, 0.5) is 5.82 Å². The lowest BCUT2D eigenvalue weighted by molar-refractivity contribution is 0.0942. The van der Waals surface area contributed by atoms with E-state index in [4.69, 9.17) is 23.8 Å². The average Bonchev–Trinajstić information content (AvgIpc) is 2.48. The maximum absolute atomic E-state index is 5.83. The number of anilines is 1. The minimum Gasteiger partial charge on any atom is -0.347 e. The van der Waals surface area contributed by atoms with Crippen LogP contribution in [0.1, 0.15) is 39.5 Å². The van der Waals surface area contributed by atoms with Gasteiger partial charge < -0.3 is 10.6 Å². The zero-order valence-electron chi connectivity index (χ0n) is 12.6. The molecule has 0 saturated carbocycles. The summed E-state index contributed by atoms with van der Waals surface area (Å²) in [7, 11) is 0. The van der Waals surface area contributed by atoms with Gasteiger partial charge in [0.2, 0.25) is 0 Å². The average molecular weight is 327 g/mol. The zero-order valence-corrected chi connectivity index (χ0v) is 14.2. The van der Waals surface area contributed by atoms with Gasteiger partial charge in [0.25, 0.3) is 0 Å². The van der Waals surface area contributed by atoms with Crippen LogP contribution in [0.25, 0.3) is 0 Å². The first-order valence-corrected chi connectivity index (χ1v) is 8.33. The third-order valence-corrected chi connectivity index (χ3v) is 4.35. The fourth-order valence-corrected chi connectivity index (χ4v) is 3.11. The zero-order chi connectivity index (χ0) is 15.2. The Labute approximate surface area is 137 Å². The van der Waals surface area contributed by atoms with Gasteiger partial charge >= 0.3 is 0 Å². The Kier molecular flexibility index (Phi) is 6.21. The monoisotopic (exact) mass is 326 g/mol. The van der Waals surface area contributed by atoms with E-state index < -0.39 is 0 Å². The molecule has 2 heterocycles. The minimum atomic E-state index is 0.271. The van der Waals surface area contributed by atoms with Gasteiger partial charge in [-0.3, -0.25) is 4.90 Å². The van der Waals surface area contributed by atoms with Crippen LogP contribution in [-0.2, 0) is 0 Å². The van der Waals surface area contributed by atoms with Crippen LogP contribution in [0.3, 0.4) is 0 Å². The Hall–Kier alpha value is -0.910. The molecule has 116 valence electrons. The molecule has 4 nitrogen and oxygen atoms in total. The van der Waals surface area contributed by atoms with E-state index in [1.807, 2.05) is 6.07 Å². The molecule has 0 bridgehead atoms. The Morgan fingerprint density at radius 2 is 2.33 bits per heavy atom. The van der Waals surface area contributed by atoms with Gasteiger partial charge in [0.15, 0.2) is 5.11 Å². The van der Waals surface area contributed by atoms with Crippen LogP contribution >= 0.6 is 23.8 Å². The van der Waals surface area contributed by atoms with E-state index in [2.05, 4.69) is 34.4 Å². The van der Waals surface area contributed by atoms with E-state index in [1.165, 1.54) is 19.3 Å². The molecule has 2 N–H and O–H groups in total. The highest BCUT2D eigenvalue weighted by Gasteiger charge is 2.25. The van der Waals surface area contributed by atoms with Crippen molar-refractivity contribution >= 4 is 34.7 Å². The first-order chi connectivity index (χ1) is 10.1. The second-order valence-corrected chi connectivity index (χ2v) is 6.31. The molecule has 6 heteroatoms. The molecule has 0 amide bonds. The van der Waals surface area contributed by atoms with E-state index in [-0.39, 0.29) is 6.17 Å². The second-order valence-electron chi connectivity index (χ2n) is 5.47. The molecule has 0 radical (unpaired) electrons. The number of hydrogen-bond acceptors (Lipinski definition) is 3. The van der Waals surface area contributed by atoms with Gasteiger partial charge in [-0.05, 0) is 50.5 Å². The summed E-state index contributed by atoms with van der Waals surface area (Å²) in [6, 6.07) is 4.22. The molecule has 2 atom stereocenters. The first-order valence-electron chi connectivity index (χ1n) is 7.55. The van der Waals surface area contributed by atoms with Gasteiger partial charge in [0.1, 0.15) is 5.82 Å². The van der Waals surface area contributed by atoms with Crippen molar-refractivity contribution in [2.24, 2.45) is 0 Å². The van der Waals surface area contributed by atoms with Crippen LogP contribution in [0, 0.1) is 0 Å². The number of thiocarbonyl (C=S) groups is 1. The third-order valence-electron chi connectivity index (χ3n) is 3.91. The standard InChI is InChI=1S/C15H23ClN4S/c1-3-14(20-9-5-4-6-11(20)2)19-15(21)18-13-8-7-12(16)10-17-13/h7-8,10-11,14H,3-6,9H2,1-2H3,(H2,17,18,19,21). The maximum Gasteiger partial charge on any atom is 0.173 e. The van der Waals surface area contributed by atoms with E-state index in [0.717, 1.165) is 13.0 Å². The molecule has 1 aromatic rings. The van der Waals surface area contributed by atoms with Crippen LogP contribution in [0.5, 0.6) is 0 Å². The molecule has 0 spiro atoms. The van der Waals surface area contributed by atoms with Crippen LogP contribution < -0.4 is 10.6 Å². The molecule has 2 rings (SSSR count). The summed E-state index contributed by atoms with van der Waals surface area (Å²) in [5.74, 6) is 0.707. The number of hydrogen-bond donors (Lipinski definition) is 2. The van der Waals surface area contributed by atoms with Crippen LogP contribution in [0.2, 0.25) is 5.02 Å². The molecular formula is C15H23ClN4S. The van der Waals surface area contributed by atoms with Crippen LogP contribution in [-0.4, -0.2) is 33.7 Å². The lowest BCUT2D eigenvalue weighted by Crippen LogP contribution is -2.53. The highest BCUT2D eigenvalue weighted by Crippen LogP contribution is 2.19. The van der Waals surface area contributed by atoms with Crippen molar-refractivity contribution < 1.29 is 0 Å². The number of rotatable bonds is 4. The molecule has 1 fully saturated rings. The number of piperidine rings is 1. The van der Waals surface area contributed by atoms with E-state index in [9.17, 15) is 0 Å². The topological polar surface area (TPSA) is 40.2 Å². The van der Waals surface area contributed by atoms with Crippen molar-refractivity contribution in [3.05, 3.63) is 23.4 Å². The second kappa shape index (κ2) is 7.92. The number of nitrogens with one attached hydrogen (secondary N) is 2. The summed E-state index contributed by atoms with van der Waals surface area (Å²) in [5, 5.41) is 7.74. The van der Waals surface area contributed by atoms with Crippen molar-refractivity contribution in [1.29, 1.82) is 0 Å². The number of likely N-dealkylation sites (tertiary alicyclic amines) is 1. The predicted molar refractivity (Wildman–Crippen MR) is 92.7 cm³/mol. The van der Waals surface area contributed by atoms with Gasteiger partial charge in [0, 0.05) is 18.8 Å². The number of nitrogens with zero attached hydrogens (tertiary/aromatic N) is 2. The number of pyridine rings is 1. The van der Waals surface area contributed by atoms with E-state index in [0.29, 0.717) is 22.0 Å². The lowest BCUT2D eigenvalue weighted by atomic mass is 10.0. The van der Waals surface area contributed by atoms with Gasteiger partial charge in [-0.2, -0.15) is 0 Å². The molecule has 21 heavy (non-hydrogen) atoms. The largest absolute Gasteiger partial charge is 0.347 e. The molecular weight excluding hydrogens is 304 g/mol. The molecule has 0 aliphatic carbocycles. The Bertz CT molecular complexity index is 465. The van der Waals surface area contributed by atoms with E-state index in [1.54, 1.807) is 12.3 Å². The predicted octanol–water partition coefficient (Wildman–Crippen LogP) is 3.63. The quantitative estimate of drug-likeness (QED) is 0.827. The molecule has 1 aromatic heterocycles. The minimum absolute atomic E-state index is 0.271. The smallest absolute Gasteiger partial charge is 0.173 e. The van der Waals surface area contributed by atoms with Crippen molar-refractivity contribution in [2.45, 2.75) is 51.7 Å². The van der Waals surface area contributed by atoms with E-state index >= 15 is 0 Å². The fourth-order valence-electron chi connectivity index (χ4n) is 2.76. The van der Waals surface area contributed by atoms with Crippen molar-refractivity contribution in [3.8, 4) is 0 Å². The Balaban J connectivity index is 1.91. The van der Waals surface area contributed by atoms with Crippen molar-refractivity contribution in [2.75, 3.05) is 11.9 Å². The van der Waals surface area contributed by atoms with Gasteiger partial charge in [0.05, 0.1) is 11.2 Å². The SMILES string of the molecule is CCC(NC(=S)Nc1ccc(Cl)cn1)N1CCCCC1C. The summed E-state index contributed by atoms with van der Waals surface area (Å²) in [6.45, 7) is 5.61. The summed E-state index contributed by atoms with van der Waals surface area (Å²) < 4.78 is 0. The van der Waals surface area contributed by atoms with Gasteiger partial charge in [-0.1, -0.05) is 24.9 Å². The number of aromatic nitrogens is 1. The summed E-state index contributed by atoms with van der Waals surface area (Å²) in [6.07, 6.45) is 6.74. The summed E-state index contributed by atoms with van der Waals surface area (Å²) >= 11 is 11.2. The normalized spacial score (nSPS) is 20.8. The lowest BCUT2D eigenvalue weighted by Gasteiger charge is -2.40. The molecule has 1 saturated heterocycles. The summed E-state index contributed by atoms with van der Waals surface area (Å²) in [5.41, 5.74) is 0.